The predicted molar refractivity (Wildman–Crippen MR) is 124 cm³/mol. The van der Waals surface area contributed by atoms with E-state index in [1.807, 2.05) is 53.2 Å². The number of unbranched alkanes of at least 4 members (excludes halogenated alkanes) is 1. The minimum atomic E-state index is -0.110. The van der Waals surface area contributed by atoms with Crippen LogP contribution in [-0.4, -0.2) is 33.7 Å². The van der Waals surface area contributed by atoms with Gasteiger partial charge in [-0.15, -0.1) is 0 Å². The largest absolute Gasteiger partial charge is 0.352 e. The lowest BCUT2D eigenvalue weighted by Crippen LogP contribution is -2.24. The number of rotatable bonds is 9. The van der Waals surface area contributed by atoms with Crippen molar-refractivity contribution in [3.8, 4) is 5.69 Å². The maximum atomic E-state index is 12.3. The number of aromatic nitrogens is 2. The highest BCUT2D eigenvalue weighted by Crippen LogP contribution is 2.22. The maximum Gasteiger partial charge on any atom is 0.251 e. The number of nitrogens with one attached hydrogen (secondary N) is 2. The zero-order valence-corrected chi connectivity index (χ0v) is 19.0. The van der Waals surface area contributed by atoms with Gasteiger partial charge in [-0.1, -0.05) is 47.1 Å². The number of hydrogen-bond acceptors (Lipinski definition) is 4. The second-order valence-corrected chi connectivity index (χ2v) is 8.44. The molecule has 0 saturated carbocycles. The first-order valence-corrected chi connectivity index (χ1v) is 11.4. The van der Waals surface area contributed by atoms with Gasteiger partial charge < -0.3 is 10.6 Å². The van der Waals surface area contributed by atoms with Crippen LogP contribution < -0.4 is 10.6 Å². The second-order valence-electron chi connectivity index (χ2n) is 6.58. The third kappa shape index (κ3) is 6.21. The molecule has 6 nitrogen and oxygen atoms in total. The highest BCUT2D eigenvalue weighted by Gasteiger charge is 2.11. The van der Waals surface area contributed by atoms with Crippen molar-refractivity contribution in [2.45, 2.75) is 24.9 Å². The van der Waals surface area contributed by atoms with Crippen LogP contribution in [0, 0.1) is 0 Å². The zero-order chi connectivity index (χ0) is 21.3. The molecule has 8 heteroatoms. The molecule has 30 heavy (non-hydrogen) atoms. The van der Waals surface area contributed by atoms with Gasteiger partial charge in [-0.05, 0) is 48.9 Å². The topological polar surface area (TPSA) is 76.0 Å². The number of benzene rings is 2. The van der Waals surface area contributed by atoms with Crippen molar-refractivity contribution in [1.29, 1.82) is 0 Å². The van der Waals surface area contributed by atoms with Gasteiger partial charge in [-0.3, -0.25) is 14.2 Å². The molecule has 0 fully saturated rings. The number of anilines is 1. The Bertz CT molecular complexity index is 1000. The SMILES string of the molecule is CCCCNC(=O)c1cccc(-n2ccnc2SCC(=O)Nc2ccc(Br)cc2)c1. The van der Waals surface area contributed by atoms with Crippen LogP contribution in [0.15, 0.2) is 70.6 Å². The lowest BCUT2D eigenvalue weighted by atomic mass is 10.2. The van der Waals surface area contributed by atoms with E-state index in [1.54, 1.807) is 12.3 Å². The van der Waals surface area contributed by atoms with Gasteiger partial charge in [0.1, 0.15) is 0 Å². The van der Waals surface area contributed by atoms with Crippen molar-refractivity contribution in [2.24, 2.45) is 0 Å². The van der Waals surface area contributed by atoms with Crippen LogP contribution in [0.3, 0.4) is 0 Å². The molecule has 0 aliphatic rings. The number of imidazole rings is 1. The van der Waals surface area contributed by atoms with Gasteiger partial charge in [0, 0.05) is 40.3 Å². The highest BCUT2D eigenvalue weighted by molar-refractivity contribution is 9.10. The Morgan fingerprint density at radius 2 is 1.97 bits per heavy atom. The lowest BCUT2D eigenvalue weighted by molar-refractivity contribution is -0.113. The number of amides is 2. The Labute approximate surface area is 188 Å². The first-order chi connectivity index (χ1) is 14.6. The fourth-order valence-electron chi connectivity index (χ4n) is 2.73. The van der Waals surface area contributed by atoms with Gasteiger partial charge in [0.15, 0.2) is 5.16 Å². The summed E-state index contributed by atoms with van der Waals surface area (Å²) < 4.78 is 2.83. The summed E-state index contributed by atoms with van der Waals surface area (Å²) in [5.74, 6) is 0.0268. The molecule has 1 aromatic heterocycles. The average molecular weight is 487 g/mol. The summed E-state index contributed by atoms with van der Waals surface area (Å²) in [6.45, 7) is 2.75. The van der Waals surface area contributed by atoms with Gasteiger partial charge >= 0.3 is 0 Å². The van der Waals surface area contributed by atoms with Crippen LogP contribution in [0.1, 0.15) is 30.1 Å². The minimum Gasteiger partial charge on any atom is -0.352 e. The molecule has 2 N–H and O–H groups in total. The molecule has 0 unspecified atom stereocenters. The van der Waals surface area contributed by atoms with Crippen molar-refractivity contribution in [1.82, 2.24) is 14.9 Å². The lowest BCUT2D eigenvalue weighted by Gasteiger charge is -2.10. The molecule has 0 aliphatic carbocycles. The number of carbonyl (C=O) groups excluding carboxylic acids is 2. The van der Waals surface area contributed by atoms with E-state index in [2.05, 4.69) is 38.5 Å². The summed E-state index contributed by atoms with van der Waals surface area (Å²) in [7, 11) is 0. The monoisotopic (exact) mass is 486 g/mol. The van der Waals surface area contributed by atoms with E-state index in [0.29, 0.717) is 17.3 Å². The Kier molecular flexibility index (Phi) is 8.10. The summed E-state index contributed by atoms with van der Waals surface area (Å²) in [5.41, 5.74) is 2.17. The van der Waals surface area contributed by atoms with Crippen LogP contribution in [0.4, 0.5) is 5.69 Å². The Morgan fingerprint density at radius 1 is 1.17 bits per heavy atom. The normalized spacial score (nSPS) is 10.6. The molecule has 2 amide bonds. The van der Waals surface area contributed by atoms with Gasteiger partial charge in [-0.2, -0.15) is 0 Å². The summed E-state index contributed by atoms with van der Waals surface area (Å²) in [6.07, 6.45) is 5.49. The molecule has 0 atom stereocenters. The summed E-state index contributed by atoms with van der Waals surface area (Å²) in [6, 6.07) is 14.8. The number of nitrogens with zero attached hydrogens (tertiary/aromatic N) is 2. The molecule has 156 valence electrons. The molecule has 0 spiro atoms. The third-order valence-corrected chi connectivity index (χ3v) is 5.77. The van der Waals surface area contributed by atoms with E-state index in [1.165, 1.54) is 11.8 Å². The highest BCUT2D eigenvalue weighted by atomic mass is 79.9. The first-order valence-electron chi connectivity index (χ1n) is 9.67. The molecule has 0 saturated heterocycles. The zero-order valence-electron chi connectivity index (χ0n) is 16.6. The molecule has 2 aromatic carbocycles. The van der Waals surface area contributed by atoms with E-state index in [-0.39, 0.29) is 17.6 Å². The fraction of sp³-hybridized carbons (Fsp3) is 0.227. The van der Waals surface area contributed by atoms with Gasteiger partial charge in [0.05, 0.1) is 5.75 Å². The summed E-state index contributed by atoms with van der Waals surface area (Å²) in [4.78, 5) is 29.0. The first kappa shape index (κ1) is 22.1. The molecule has 3 aromatic rings. The van der Waals surface area contributed by atoms with E-state index in [0.717, 1.165) is 28.7 Å². The third-order valence-electron chi connectivity index (χ3n) is 4.27. The second kappa shape index (κ2) is 11.0. The standard InChI is InChI=1S/C22H23BrN4O2S/c1-2-3-11-24-21(29)16-5-4-6-19(14-16)27-13-12-25-22(27)30-15-20(28)26-18-9-7-17(23)8-10-18/h4-10,12-14H,2-3,11,15H2,1H3,(H,24,29)(H,26,28). The Balaban J connectivity index is 1.63. The predicted octanol–water partition coefficient (Wildman–Crippen LogP) is 4.90. The van der Waals surface area contributed by atoms with Gasteiger partial charge in [0.2, 0.25) is 5.91 Å². The summed E-state index contributed by atoms with van der Waals surface area (Å²) in [5, 5.41) is 6.48. The van der Waals surface area contributed by atoms with Crippen LogP contribution in [0.5, 0.6) is 0 Å². The summed E-state index contributed by atoms with van der Waals surface area (Å²) >= 11 is 4.72. The Hall–Kier alpha value is -2.58. The van der Waals surface area contributed by atoms with Crippen LogP contribution in [0.2, 0.25) is 0 Å². The molecule has 0 radical (unpaired) electrons. The van der Waals surface area contributed by atoms with Crippen molar-refractivity contribution in [3.63, 3.8) is 0 Å². The average Bonchev–Trinajstić information content (AvgIpc) is 3.23. The van der Waals surface area contributed by atoms with Crippen molar-refractivity contribution >= 4 is 45.2 Å². The van der Waals surface area contributed by atoms with Crippen LogP contribution in [0.25, 0.3) is 5.69 Å². The van der Waals surface area contributed by atoms with Crippen molar-refractivity contribution in [2.75, 3.05) is 17.6 Å². The number of thioether (sulfide) groups is 1. The van der Waals surface area contributed by atoms with Crippen molar-refractivity contribution in [3.05, 3.63) is 71.0 Å². The van der Waals surface area contributed by atoms with E-state index in [4.69, 9.17) is 0 Å². The number of carbonyl (C=O) groups is 2. The minimum absolute atomic E-state index is 0.0894. The molecule has 0 bridgehead atoms. The maximum absolute atomic E-state index is 12.3. The van der Waals surface area contributed by atoms with Crippen LogP contribution in [-0.2, 0) is 4.79 Å². The molecular weight excluding hydrogens is 464 g/mol. The van der Waals surface area contributed by atoms with Crippen LogP contribution >= 0.6 is 27.7 Å². The molecular formula is C22H23BrN4O2S. The molecule has 1 heterocycles. The number of halogens is 1. The van der Waals surface area contributed by atoms with E-state index in [9.17, 15) is 9.59 Å². The quantitative estimate of drug-likeness (QED) is 0.333. The molecule has 0 aliphatic heterocycles. The van der Waals surface area contributed by atoms with Gasteiger partial charge in [0.25, 0.3) is 5.91 Å². The van der Waals surface area contributed by atoms with Gasteiger partial charge in [-0.25, -0.2) is 4.98 Å². The fourth-order valence-corrected chi connectivity index (χ4v) is 3.77. The van der Waals surface area contributed by atoms with E-state index < -0.39 is 0 Å². The Morgan fingerprint density at radius 3 is 2.73 bits per heavy atom. The molecule has 3 rings (SSSR count). The van der Waals surface area contributed by atoms with E-state index >= 15 is 0 Å². The smallest absolute Gasteiger partial charge is 0.251 e. The van der Waals surface area contributed by atoms with Crippen molar-refractivity contribution < 1.29 is 9.59 Å². The number of hydrogen-bond donors (Lipinski definition) is 2.